The molecule has 6 nitrogen and oxygen atoms in total. The molecule has 0 bridgehead atoms. The van der Waals surface area contributed by atoms with Crippen LogP contribution in [0.1, 0.15) is 0 Å². The van der Waals surface area contributed by atoms with Crippen molar-refractivity contribution in [2.45, 2.75) is 0 Å². The zero-order valence-electron chi connectivity index (χ0n) is 10.1. The van der Waals surface area contributed by atoms with Crippen LogP contribution in [0.3, 0.4) is 0 Å². The number of benzene rings is 1. The highest BCUT2D eigenvalue weighted by molar-refractivity contribution is 5.79. The van der Waals surface area contributed by atoms with E-state index >= 15 is 0 Å². The molecular formula is C13H10N4O2. The van der Waals surface area contributed by atoms with Crippen molar-refractivity contribution in [3.05, 3.63) is 53.1 Å². The van der Waals surface area contributed by atoms with Gasteiger partial charge in [0.15, 0.2) is 0 Å². The van der Waals surface area contributed by atoms with Crippen LogP contribution in [-0.2, 0) is 7.05 Å². The Hall–Kier alpha value is -2.76. The molecule has 0 saturated carbocycles. The number of rotatable bonds is 2. The summed E-state index contributed by atoms with van der Waals surface area (Å²) in [6, 6.07) is 8.30. The van der Waals surface area contributed by atoms with Crippen LogP contribution < -0.4 is 5.63 Å². The molecule has 6 heteroatoms. The summed E-state index contributed by atoms with van der Waals surface area (Å²) in [5, 5.41) is 8.95. The number of hydrogen-bond donors (Lipinski definition) is 0. The van der Waals surface area contributed by atoms with E-state index in [4.69, 9.17) is 4.42 Å². The standard InChI is InChI=1S/C13H10N4O2/c1-17-7-6-14-13(17)16-15-10-3-4-11-9(8-10)2-5-12(18)19-11/h2-8H,1H3. The third kappa shape index (κ3) is 2.28. The summed E-state index contributed by atoms with van der Waals surface area (Å²) in [6.45, 7) is 0. The third-order valence-corrected chi connectivity index (χ3v) is 2.65. The molecule has 94 valence electrons. The van der Waals surface area contributed by atoms with E-state index in [-0.39, 0.29) is 5.63 Å². The monoisotopic (exact) mass is 254 g/mol. The van der Waals surface area contributed by atoms with E-state index in [1.165, 1.54) is 6.07 Å². The fourth-order valence-corrected chi connectivity index (χ4v) is 1.68. The van der Waals surface area contributed by atoms with Crippen molar-refractivity contribution in [1.29, 1.82) is 0 Å². The van der Waals surface area contributed by atoms with E-state index in [2.05, 4.69) is 15.2 Å². The van der Waals surface area contributed by atoms with Crippen LogP contribution in [0.2, 0.25) is 0 Å². The summed E-state index contributed by atoms with van der Waals surface area (Å²) in [6.07, 6.45) is 3.45. The van der Waals surface area contributed by atoms with Gasteiger partial charge in [-0.1, -0.05) is 0 Å². The first-order chi connectivity index (χ1) is 9.22. The number of aryl methyl sites for hydroxylation is 1. The molecule has 0 spiro atoms. The lowest BCUT2D eigenvalue weighted by Gasteiger charge is -1.97. The zero-order valence-corrected chi connectivity index (χ0v) is 10.1. The Kier molecular flexibility index (Phi) is 2.68. The van der Waals surface area contributed by atoms with Gasteiger partial charge in [-0.15, -0.1) is 10.2 Å². The third-order valence-electron chi connectivity index (χ3n) is 2.65. The Balaban J connectivity index is 1.98. The maximum atomic E-state index is 11.1. The highest BCUT2D eigenvalue weighted by Crippen LogP contribution is 2.21. The van der Waals surface area contributed by atoms with Crippen LogP contribution in [0.5, 0.6) is 0 Å². The summed E-state index contributed by atoms with van der Waals surface area (Å²) < 4.78 is 6.81. The van der Waals surface area contributed by atoms with E-state index in [9.17, 15) is 4.79 Å². The van der Waals surface area contributed by atoms with Crippen LogP contribution in [0.25, 0.3) is 11.0 Å². The van der Waals surface area contributed by atoms with Gasteiger partial charge in [0.25, 0.3) is 0 Å². The van der Waals surface area contributed by atoms with Crippen molar-refractivity contribution >= 4 is 22.6 Å². The first-order valence-corrected chi connectivity index (χ1v) is 5.65. The molecule has 0 radical (unpaired) electrons. The topological polar surface area (TPSA) is 72.8 Å². The van der Waals surface area contributed by atoms with Crippen LogP contribution in [0.15, 0.2) is 62.2 Å². The number of aromatic nitrogens is 2. The first-order valence-electron chi connectivity index (χ1n) is 5.65. The molecule has 0 aliphatic heterocycles. The fraction of sp³-hybridized carbons (Fsp3) is 0.0769. The minimum Gasteiger partial charge on any atom is -0.423 e. The summed E-state index contributed by atoms with van der Waals surface area (Å²) >= 11 is 0. The zero-order chi connectivity index (χ0) is 13.2. The van der Waals surface area contributed by atoms with Gasteiger partial charge in [0.1, 0.15) is 5.58 Å². The van der Waals surface area contributed by atoms with E-state index in [0.717, 1.165) is 5.39 Å². The molecule has 0 N–H and O–H groups in total. The molecule has 0 unspecified atom stereocenters. The Morgan fingerprint density at radius 1 is 1.21 bits per heavy atom. The predicted octanol–water partition coefficient (Wildman–Crippen LogP) is 2.94. The largest absolute Gasteiger partial charge is 0.423 e. The van der Waals surface area contributed by atoms with Gasteiger partial charge in [0, 0.05) is 30.9 Å². The van der Waals surface area contributed by atoms with Crippen molar-refractivity contribution in [2.75, 3.05) is 0 Å². The second kappa shape index (κ2) is 4.49. The van der Waals surface area contributed by atoms with Gasteiger partial charge < -0.3 is 8.98 Å². The summed E-state index contributed by atoms with van der Waals surface area (Å²) in [5.74, 6) is 0.527. The molecule has 0 saturated heterocycles. The van der Waals surface area contributed by atoms with Crippen molar-refractivity contribution in [3.63, 3.8) is 0 Å². The molecule has 2 heterocycles. The van der Waals surface area contributed by atoms with Crippen LogP contribution >= 0.6 is 0 Å². The summed E-state index contributed by atoms with van der Waals surface area (Å²) in [4.78, 5) is 15.1. The molecule has 0 aliphatic carbocycles. The lowest BCUT2D eigenvalue weighted by Crippen LogP contribution is -1.93. The molecule has 0 atom stereocenters. The van der Waals surface area contributed by atoms with Gasteiger partial charge in [-0.05, 0) is 24.3 Å². The van der Waals surface area contributed by atoms with Crippen molar-refractivity contribution in [3.8, 4) is 0 Å². The lowest BCUT2D eigenvalue weighted by atomic mass is 10.2. The van der Waals surface area contributed by atoms with E-state index in [1.54, 1.807) is 41.2 Å². The molecule has 0 fully saturated rings. The maximum Gasteiger partial charge on any atom is 0.336 e. The van der Waals surface area contributed by atoms with Gasteiger partial charge in [-0.25, -0.2) is 9.78 Å². The molecule has 1 aromatic carbocycles. The second-order valence-corrected chi connectivity index (χ2v) is 4.01. The van der Waals surface area contributed by atoms with Gasteiger partial charge >= 0.3 is 5.63 Å². The highest BCUT2D eigenvalue weighted by atomic mass is 16.4. The number of hydrogen-bond acceptors (Lipinski definition) is 5. The summed E-state index contributed by atoms with van der Waals surface area (Å²) in [7, 11) is 1.84. The Morgan fingerprint density at radius 2 is 2.11 bits per heavy atom. The average molecular weight is 254 g/mol. The number of azo groups is 1. The van der Waals surface area contributed by atoms with Crippen molar-refractivity contribution in [1.82, 2.24) is 9.55 Å². The number of imidazole rings is 1. The molecule has 3 aromatic rings. The molecule has 2 aromatic heterocycles. The number of nitrogens with zero attached hydrogens (tertiary/aromatic N) is 4. The minimum absolute atomic E-state index is 0.366. The minimum atomic E-state index is -0.366. The molecular weight excluding hydrogens is 244 g/mol. The number of fused-ring (bicyclic) bond motifs is 1. The Bertz CT molecular complexity index is 817. The van der Waals surface area contributed by atoms with Crippen LogP contribution in [-0.4, -0.2) is 9.55 Å². The van der Waals surface area contributed by atoms with Crippen molar-refractivity contribution in [2.24, 2.45) is 17.3 Å². The quantitative estimate of drug-likeness (QED) is 0.521. The van der Waals surface area contributed by atoms with E-state index < -0.39 is 0 Å². The maximum absolute atomic E-state index is 11.1. The Morgan fingerprint density at radius 3 is 2.89 bits per heavy atom. The smallest absolute Gasteiger partial charge is 0.336 e. The van der Waals surface area contributed by atoms with Crippen LogP contribution in [0.4, 0.5) is 11.6 Å². The van der Waals surface area contributed by atoms with E-state index in [0.29, 0.717) is 17.2 Å². The average Bonchev–Trinajstić information content (AvgIpc) is 2.82. The summed E-state index contributed by atoms with van der Waals surface area (Å²) in [5.41, 5.74) is 0.836. The predicted molar refractivity (Wildman–Crippen MR) is 69.9 cm³/mol. The molecule has 19 heavy (non-hydrogen) atoms. The van der Waals surface area contributed by atoms with Crippen molar-refractivity contribution < 1.29 is 4.42 Å². The van der Waals surface area contributed by atoms with Gasteiger partial charge in [0.05, 0.1) is 5.69 Å². The first kappa shape index (κ1) is 11.3. The highest BCUT2D eigenvalue weighted by Gasteiger charge is 1.99. The van der Waals surface area contributed by atoms with Crippen LogP contribution in [0, 0.1) is 0 Å². The Labute approximate surface area is 108 Å². The van der Waals surface area contributed by atoms with Gasteiger partial charge in [0.2, 0.25) is 5.95 Å². The molecule has 0 aliphatic rings. The van der Waals surface area contributed by atoms with E-state index in [1.807, 2.05) is 7.05 Å². The van der Waals surface area contributed by atoms with Gasteiger partial charge in [-0.3, -0.25) is 0 Å². The normalized spacial score (nSPS) is 11.4. The molecule has 3 rings (SSSR count). The lowest BCUT2D eigenvalue weighted by molar-refractivity contribution is 0.561. The molecule has 0 amide bonds. The fourth-order valence-electron chi connectivity index (χ4n) is 1.68. The van der Waals surface area contributed by atoms with Gasteiger partial charge in [-0.2, -0.15) is 0 Å². The second-order valence-electron chi connectivity index (χ2n) is 4.01. The SMILES string of the molecule is Cn1ccnc1N=Nc1ccc2oc(=O)ccc2c1.